The van der Waals surface area contributed by atoms with Crippen molar-refractivity contribution < 1.29 is 23.1 Å². The molecule has 2 N–H and O–H groups in total. The predicted octanol–water partition coefficient (Wildman–Crippen LogP) is 2.10. The van der Waals surface area contributed by atoms with E-state index in [1.807, 2.05) is 0 Å². The van der Waals surface area contributed by atoms with E-state index in [4.69, 9.17) is 5.11 Å². The normalized spacial score (nSPS) is 11.7. The van der Waals surface area contributed by atoms with Gasteiger partial charge in [-0.1, -0.05) is 0 Å². The van der Waals surface area contributed by atoms with Gasteiger partial charge in [-0.15, -0.1) is 11.3 Å². The van der Waals surface area contributed by atoms with Gasteiger partial charge in [0.1, 0.15) is 4.88 Å². The molecule has 0 aliphatic heterocycles. The fourth-order valence-electron chi connectivity index (χ4n) is 0.915. The van der Waals surface area contributed by atoms with Crippen molar-refractivity contribution >= 4 is 17.3 Å². The average Bonchev–Trinajstić information content (AvgIpc) is 2.50. The number of rotatable bonds is 4. The average molecular weight is 239 g/mol. The number of carboxylic acids is 1. The van der Waals surface area contributed by atoms with Gasteiger partial charge in [0, 0.05) is 11.4 Å². The topological polar surface area (TPSA) is 49.3 Å². The first-order valence-corrected chi connectivity index (χ1v) is 4.79. The number of carbonyl (C=O) groups is 1. The van der Waals surface area contributed by atoms with Crippen LogP contribution < -0.4 is 5.32 Å². The van der Waals surface area contributed by atoms with Crippen molar-refractivity contribution in [2.24, 2.45) is 0 Å². The first-order valence-electron chi connectivity index (χ1n) is 3.98. The maximum Gasteiger partial charge on any atom is 0.401 e. The number of halogens is 3. The Morgan fingerprint density at radius 2 is 2.13 bits per heavy atom. The highest BCUT2D eigenvalue weighted by molar-refractivity contribution is 7.13. The van der Waals surface area contributed by atoms with Crippen molar-refractivity contribution in [3.8, 4) is 0 Å². The van der Waals surface area contributed by atoms with Crippen LogP contribution in [0.25, 0.3) is 0 Å². The molecule has 1 aromatic heterocycles. The summed E-state index contributed by atoms with van der Waals surface area (Å²) in [5, 5.41) is 10.7. The van der Waals surface area contributed by atoms with Gasteiger partial charge in [-0.05, 0) is 12.1 Å². The van der Waals surface area contributed by atoms with Crippen LogP contribution in [-0.2, 0) is 6.54 Å². The molecule has 0 bridgehead atoms. The summed E-state index contributed by atoms with van der Waals surface area (Å²) in [5.74, 6) is -1.07. The second-order valence-corrected chi connectivity index (χ2v) is 3.96. The van der Waals surface area contributed by atoms with Gasteiger partial charge in [-0.3, -0.25) is 0 Å². The van der Waals surface area contributed by atoms with Crippen LogP contribution in [0, 0.1) is 0 Å². The molecular formula is C8H8F3NO2S. The van der Waals surface area contributed by atoms with E-state index < -0.39 is 18.7 Å². The lowest BCUT2D eigenvalue weighted by molar-refractivity contribution is -0.125. The minimum atomic E-state index is -4.24. The summed E-state index contributed by atoms with van der Waals surface area (Å²) in [6.45, 7) is -1.05. The Balaban J connectivity index is 2.41. The first-order chi connectivity index (χ1) is 6.88. The summed E-state index contributed by atoms with van der Waals surface area (Å²) in [6.07, 6.45) is -4.24. The van der Waals surface area contributed by atoms with Crippen LogP contribution in [0.4, 0.5) is 13.2 Å². The van der Waals surface area contributed by atoms with Crippen molar-refractivity contribution in [3.63, 3.8) is 0 Å². The van der Waals surface area contributed by atoms with E-state index >= 15 is 0 Å². The fourth-order valence-corrected chi connectivity index (χ4v) is 1.73. The molecule has 0 unspecified atom stereocenters. The lowest BCUT2D eigenvalue weighted by Crippen LogP contribution is -2.27. The minimum Gasteiger partial charge on any atom is -0.477 e. The Labute approximate surface area is 87.5 Å². The number of hydrogen-bond donors (Lipinski definition) is 2. The molecular weight excluding hydrogens is 231 g/mol. The second kappa shape index (κ2) is 4.63. The number of carboxylic acid groups (broad SMARTS) is 1. The number of hydrogen-bond acceptors (Lipinski definition) is 3. The molecule has 0 saturated carbocycles. The molecule has 1 heterocycles. The molecule has 84 valence electrons. The van der Waals surface area contributed by atoms with Gasteiger partial charge in [0.15, 0.2) is 0 Å². The van der Waals surface area contributed by atoms with Crippen LogP contribution in [-0.4, -0.2) is 23.8 Å². The van der Waals surface area contributed by atoms with Gasteiger partial charge in [-0.25, -0.2) is 4.79 Å². The quantitative estimate of drug-likeness (QED) is 0.845. The third kappa shape index (κ3) is 4.30. The van der Waals surface area contributed by atoms with Crippen LogP contribution in [0.15, 0.2) is 12.1 Å². The van der Waals surface area contributed by atoms with Crippen LogP contribution in [0.2, 0.25) is 0 Å². The number of alkyl halides is 3. The van der Waals surface area contributed by atoms with Gasteiger partial charge >= 0.3 is 12.1 Å². The smallest absolute Gasteiger partial charge is 0.401 e. The van der Waals surface area contributed by atoms with Crippen LogP contribution in [0.5, 0.6) is 0 Å². The molecule has 0 spiro atoms. The zero-order chi connectivity index (χ0) is 11.5. The van der Waals surface area contributed by atoms with Gasteiger partial charge in [-0.2, -0.15) is 13.2 Å². The molecule has 7 heteroatoms. The molecule has 1 rings (SSSR count). The van der Waals surface area contributed by atoms with Crippen molar-refractivity contribution in [1.82, 2.24) is 5.32 Å². The molecule has 0 saturated heterocycles. The van der Waals surface area contributed by atoms with E-state index in [1.54, 1.807) is 0 Å². The Bertz CT molecular complexity index is 348. The molecule has 0 aliphatic carbocycles. The number of aromatic carboxylic acids is 1. The van der Waals surface area contributed by atoms with Gasteiger partial charge in [0.25, 0.3) is 0 Å². The zero-order valence-corrected chi connectivity index (χ0v) is 8.28. The summed E-state index contributed by atoms with van der Waals surface area (Å²) in [5.41, 5.74) is 0. The monoisotopic (exact) mass is 239 g/mol. The van der Waals surface area contributed by atoms with Crippen LogP contribution in [0.3, 0.4) is 0 Å². The van der Waals surface area contributed by atoms with Crippen molar-refractivity contribution in [1.29, 1.82) is 0 Å². The second-order valence-electron chi connectivity index (χ2n) is 2.79. The van der Waals surface area contributed by atoms with Gasteiger partial charge in [0.2, 0.25) is 0 Å². The molecule has 0 fully saturated rings. The fraction of sp³-hybridized carbons (Fsp3) is 0.375. The van der Waals surface area contributed by atoms with Crippen molar-refractivity contribution in [3.05, 3.63) is 21.9 Å². The molecule has 0 atom stereocenters. The lowest BCUT2D eigenvalue weighted by Gasteiger charge is -2.06. The Morgan fingerprint density at radius 3 is 2.60 bits per heavy atom. The Kier molecular flexibility index (Phi) is 3.70. The van der Waals surface area contributed by atoms with Crippen molar-refractivity contribution in [2.75, 3.05) is 6.54 Å². The number of thiophene rings is 1. The Morgan fingerprint density at radius 1 is 1.47 bits per heavy atom. The lowest BCUT2D eigenvalue weighted by atomic mass is 10.4. The maximum absolute atomic E-state index is 11.7. The molecule has 0 aromatic carbocycles. The largest absolute Gasteiger partial charge is 0.477 e. The highest BCUT2D eigenvalue weighted by atomic mass is 32.1. The third-order valence-electron chi connectivity index (χ3n) is 1.50. The maximum atomic E-state index is 11.7. The molecule has 1 aromatic rings. The van der Waals surface area contributed by atoms with E-state index in [-0.39, 0.29) is 11.4 Å². The van der Waals surface area contributed by atoms with Crippen LogP contribution >= 0.6 is 11.3 Å². The standard InChI is InChI=1S/C8H8F3NO2S/c9-8(10,11)4-12-3-5-1-2-6(15-5)7(13)14/h1-2,12H,3-4H2,(H,13,14). The van der Waals surface area contributed by atoms with Gasteiger partial charge in [0.05, 0.1) is 6.54 Å². The Hall–Kier alpha value is -1.08. The van der Waals surface area contributed by atoms with E-state index in [2.05, 4.69) is 5.32 Å². The highest BCUT2D eigenvalue weighted by Gasteiger charge is 2.26. The zero-order valence-electron chi connectivity index (χ0n) is 7.47. The van der Waals surface area contributed by atoms with Crippen molar-refractivity contribution in [2.45, 2.75) is 12.7 Å². The minimum absolute atomic E-state index is 0.0253. The summed E-state index contributed by atoms with van der Waals surface area (Å²) in [4.78, 5) is 11.1. The predicted molar refractivity (Wildman–Crippen MR) is 49.0 cm³/mol. The summed E-state index contributed by atoms with van der Waals surface area (Å²) < 4.78 is 35.2. The molecule has 0 amide bonds. The summed E-state index contributed by atoms with van der Waals surface area (Å²) >= 11 is 0.962. The van der Waals surface area contributed by atoms with E-state index in [1.165, 1.54) is 12.1 Å². The van der Waals surface area contributed by atoms with Gasteiger partial charge < -0.3 is 10.4 Å². The summed E-state index contributed by atoms with van der Waals surface area (Å²) in [6, 6.07) is 2.87. The number of nitrogens with one attached hydrogen (secondary N) is 1. The van der Waals surface area contributed by atoms with E-state index in [0.717, 1.165) is 11.3 Å². The molecule has 0 aliphatic rings. The summed E-state index contributed by atoms with van der Waals surface area (Å²) in [7, 11) is 0. The highest BCUT2D eigenvalue weighted by Crippen LogP contribution is 2.17. The molecule has 0 radical (unpaired) electrons. The molecule has 15 heavy (non-hydrogen) atoms. The SMILES string of the molecule is O=C(O)c1ccc(CNCC(F)(F)F)s1. The van der Waals surface area contributed by atoms with Crippen LogP contribution in [0.1, 0.15) is 14.5 Å². The van der Waals surface area contributed by atoms with E-state index in [0.29, 0.717) is 4.88 Å². The van der Waals surface area contributed by atoms with E-state index in [9.17, 15) is 18.0 Å². The third-order valence-corrected chi connectivity index (χ3v) is 2.57. The molecule has 3 nitrogen and oxygen atoms in total. The first kappa shape index (κ1) is 12.0.